The maximum absolute atomic E-state index is 12.3. The SMILES string of the molecule is O=C(O)c1ccc(-c2c(C(=O)O)ccc3ccccc23)cc1C12CC3CC(CC(C3)C1)C2. The average molecular weight is 427 g/mol. The van der Waals surface area contributed by atoms with Crippen LogP contribution in [-0.2, 0) is 5.41 Å². The maximum Gasteiger partial charge on any atom is 0.336 e. The molecule has 0 radical (unpaired) electrons. The highest BCUT2D eigenvalue weighted by atomic mass is 16.4. The summed E-state index contributed by atoms with van der Waals surface area (Å²) in [6.45, 7) is 0. The van der Waals surface area contributed by atoms with Crippen molar-refractivity contribution in [1.82, 2.24) is 0 Å². The fourth-order valence-corrected chi connectivity index (χ4v) is 7.53. The first-order valence-corrected chi connectivity index (χ1v) is 11.6. The van der Waals surface area contributed by atoms with E-state index in [1.54, 1.807) is 18.2 Å². The predicted molar refractivity (Wildman–Crippen MR) is 123 cm³/mol. The Morgan fingerprint density at radius 3 is 1.97 bits per heavy atom. The van der Waals surface area contributed by atoms with Crippen LogP contribution in [0.2, 0.25) is 0 Å². The minimum absolute atomic E-state index is 0.0908. The zero-order valence-electron chi connectivity index (χ0n) is 17.9. The predicted octanol–water partition coefficient (Wildman–Crippen LogP) is 6.37. The molecule has 0 aliphatic heterocycles. The number of carboxylic acid groups (broad SMARTS) is 2. The summed E-state index contributed by atoms with van der Waals surface area (Å²) in [5.74, 6) is 0.221. The third kappa shape index (κ3) is 2.89. The minimum Gasteiger partial charge on any atom is -0.478 e. The van der Waals surface area contributed by atoms with Crippen molar-refractivity contribution in [3.05, 3.63) is 71.3 Å². The number of carbonyl (C=O) groups is 2. The van der Waals surface area contributed by atoms with Crippen LogP contribution in [0.4, 0.5) is 0 Å². The van der Waals surface area contributed by atoms with Gasteiger partial charge in [-0.3, -0.25) is 0 Å². The number of rotatable bonds is 4. The van der Waals surface area contributed by atoms with Crippen LogP contribution in [0.3, 0.4) is 0 Å². The van der Waals surface area contributed by atoms with Gasteiger partial charge in [0.05, 0.1) is 11.1 Å². The maximum atomic E-state index is 12.3. The zero-order chi connectivity index (χ0) is 22.0. The number of hydrogen-bond donors (Lipinski definition) is 2. The van der Waals surface area contributed by atoms with E-state index in [4.69, 9.17) is 0 Å². The van der Waals surface area contributed by atoms with E-state index in [0.29, 0.717) is 28.9 Å². The molecular weight excluding hydrogens is 400 g/mol. The molecule has 0 unspecified atom stereocenters. The van der Waals surface area contributed by atoms with Crippen LogP contribution < -0.4 is 0 Å². The van der Waals surface area contributed by atoms with Crippen molar-refractivity contribution in [3.63, 3.8) is 0 Å². The van der Waals surface area contributed by atoms with Gasteiger partial charge in [-0.15, -0.1) is 0 Å². The number of hydrogen-bond acceptors (Lipinski definition) is 2. The second-order valence-electron chi connectivity index (χ2n) is 10.3. The molecule has 2 N–H and O–H groups in total. The van der Waals surface area contributed by atoms with Gasteiger partial charge in [0.1, 0.15) is 0 Å². The Balaban J connectivity index is 1.59. The Morgan fingerprint density at radius 1 is 0.750 bits per heavy atom. The molecule has 4 aliphatic rings. The standard InChI is InChI=1S/C28H26O4/c29-26(30)22-7-6-20(25-21-4-2-1-3-19(21)5-8-23(25)27(31)32)12-24(22)28-13-16-9-17(14-28)11-18(10-16)15-28/h1-8,12,16-18H,9-11,13-15H2,(H,29,30)(H,31,32). The Morgan fingerprint density at radius 2 is 1.34 bits per heavy atom. The Bertz CT molecular complexity index is 1240. The van der Waals surface area contributed by atoms with Gasteiger partial charge in [0.15, 0.2) is 0 Å². The van der Waals surface area contributed by atoms with Gasteiger partial charge in [-0.1, -0.05) is 36.4 Å². The lowest BCUT2D eigenvalue weighted by Gasteiger charge is -2.57. The van der Waals surface area contributed by atoms with Crippen molar-refractivity contribution < 1.29 is 19.8 Å². The van der Waals surface area contributed by atoms with Crippen molar-refractivity contribution in [3.8, 4) is 11.1 Å². The van der Waals surface area contributed by atoms with Crippen molar-refractivity contribution in [2.24, 2.45) is 17.8 Å². The molecule has 4 bridgehead atoms. The van der Waals surface area contributed by atoms with E-state index < -0.39 is 11.9 Å². The van der Waals surface area contributed by atoms with E-state index in [1.807, 2.05) is 36.4 Å². The fourth-order valence-electron chi connectivity index (χ4n) is 7.53. The van der Waals surface area contributed by atoms with Crippen molar-refractivity contribution in [1.29, 1.82) is 0 Å². The third-order valence-corrected chi connectivity index (χ3v) is 8.31. The summed E-state index contributed by atoms with van der Waals surface area (Å²) >= 11 is 0. The van der Waals surface area contributed by atoms with Crippen LogP contribution in [0.1, 0.15) is 64.8 Å². The van der Waals surface area contributed by atoms with Crippen LogP contribution in [0.5, 0.6) is 0 Å². The van der Waals surface area contributed by atoms with E-state index in [1.165, 1.54) is 19.3 Å². The van der Waals surface area contributed by atoms with Crippen LogP contribution in [0, 0.1) is 17.8 Å². The fraction of sp³-hybridized carbons (Fsp3) is 0.357. The summed E-state index contributed by atoms with van der Waals surface area (Å²) in [5.41, 5.74) is 2.95. The molecule has 0 atom stereocenters. The van der Waals surface area contributed by atoms with Crippen LogP contribution >= 0.6 is 0 Å². The lowest BCUT2D eigenvalue weighted by atomic mass is 9.47. The summed E-state index contributed by atoms with van der Waals surface area (Å²) in [4.78, 5) is 24.4. The normalized spacial score (nSPS) is 28.2. The second-order valence-corrected chi connectivity index (χ2v) is 10.3. The van der Waals surface area contributed by atoms with Crippen molar-refractivity contribution in [2.75, 3.05) is 0 Å². The van der Waals surface area contributed by atoms with E-state index in [-0.39, 0.29) is 11.0 Å². The number of carboxylic acids is 2. The van der Waals surface area contributed by atoms with Gasteiger partial charge in [-0.05, 0) is 102 Å². The van der Waals surface area contributed by atoms with Gasteiger partial charge in [-0.2, -0.15) is 0 Å². The largest absolute Gasteiger partial charge is 0.478 e. The van der Waals surface area contributed by atoms with Gasteiger partial charge >= 0.3 is 11.9 Å². The number of benzene rings is 3. The number of fused-ring (bicyclic) bond motifs is 1. The van der Waals surface area contributed by atoms with Crippen molar-refractivity contribution in [2.45, 2.75) is 43.9 Å². The average Bonchev–Trinajstić information content (AvgIpc) is 2.77. The molecule has 0 aromatic heterocycles. The summed E-state index contributed by atoms with van der Waals surface area (Å²) in [7, 11) is 0. The first-order valence-electron chi connectivity index (χ1n) is 11.6. The van der Waals surface area contributed by atoms with E-state index in [2.05, 4.69) is 0 Å². The second kappa shape index (κ2) is 6.93. The van der Waals surface area contributed by atoms with Gasteiger partial charge in [0.25, 0.3) is 0 Å². The summed E-state index contributed by atoms with van der Waals surface area (Å²) in [5, 5.41) is 21.8. The molecule has 4 heteroatoms. The molecule has 0 spiro atoms. The highest BCUT2D eigenvalue weighted by Gasteiger charge is 2.52. The highest BCUT2D eigenvalue weighted by molar-refractivity contribution is 6.08. The molecule has 4 saturated carbocycles. The molecule has 0 amide bonds. The van der Waals surface area contributed by atoms with Crippen LogP contribution in [-0.4, -0.2) is 22.2 Å². The van der Waals surface area contributed by atoms with E-state index >= 15 is 0 Å². The summed E-state index contributed by atoms with van der Waals surface area (Å²) < 4.78 is 0. The number of aromatic carboxylic acids is 2. The molecule has 0 heterocycles. The van der Waals surface area contributed by atoms with Crippen LogP contribution in [0.15, 0.2) is 54.6 Å². The lowest BCUT2D eigenvalue weighted by Crippen LogP contribution is -2.49. The van der Waals surface area contributed by atoms with E-state index in [0.717, 1.165) is 41.2 Å². The molecule has 0 saturated heterocycles. The molecule has 3 aromatic carbocycles. The third-order valence-electron chi connectivity index (χ3n) is 8.31. The van der Waals surface area contributed by atoms with Gasteiger partial charge in [0.2, 0.25) is 0 Å². The molecule has 4 nitrogen and oxygen atoms in total. The monoisotopic (exact) mass is 426 g/mol. The van der Waals surface area contributed by atoms with E-state index in [9.17, 15) is 19.8 Å². The topological polar surface area (TPSA) is 74.6 Å². The quantitative estimate of drug-likeness (QED) is 0.508. The van der Waals surface area contributed by atoms with Crippen molar-refractivity contribution >= 4 is 22.7 Å². The van der Waals surface area contributed by atoms with Gasteiger partial charge < -0.3 is 10.2 Å². The highest BCUT2D eigenvalue weighted by Crippen LogP contribution is 2.61. The Hall–Kier alpha value is -3.14. The summed E-state index contributed by atoms with van der Waals surface area (Å²) in [6, 6.07) is 16.8. The smallest absolute Gasteiger partial charge is 0.336 e. The van der Waals surface area contributed by atoms with Gasteiger partial charge in [0, 0.05) is 5.56 Å². The molecule has 32 heavy (non-hydrogen) atoms. The molecular formula is C28H26O4. The summed E-state index contributed by atoms with van der Waals surface area (Å²) in [6.07, 6.45) is 7.04. The minimum atomic E-state index is -0.968. The molecule has 162 valence electrons. The molecule has 4 fully saturated rings. The molecule has 7 rings (SSSR count). The lowest BCUT2D eigenvalue weighted by molar-refractivity contribution is -0.00580. The first-order chi connectivity index (χ1) is 15.4. The Labute approximate surface area is 186 Å². The molecule has 3 aromatic rings. The molecule has 4 aliphatic carbocycles. The van der Waals surface area contributed by atoms with Gasteiger partial charge in [-0.25, -0.2) is 9.59 Å². The zero-order valence-corrected chi connectivity index (χ0v) is 17.9. The first kappa shape index (κ1) is 19.5. The van der Waals surface area contributed by atoms with Crippen LogP contribution in [0.25, 0.3) is 21.9 Å². The Kier molecular flexibility index (Phi) is 4.23.